The summed E-state index contributed by atoms with van der Waals surface area (Å²) in [5, 5.41) is 0. The van der Waals surface area contributed by atoms with Gasteiger partial charge in [0.1, 0.15) is 13.5 Å². The predicted molar refractivity (Wildman–Crippen MR) is 70.9 cm³/mol. The SMILES string of the molecule is CCBC[n+]1ccc(-c2cc[n+](C)cc2)cc1. The van der Waals surface area contributed by atoms with Gasteiger partial charge >= 0.3 is 0 Å². The minimum absolute atomic E-state index is 1.11. The van der Waals surface area contributed by atoms with E-state index in [9.17, 15) is 0 Å². The van der Waals surface area contributed by atoms with Crippen LogP contribution < -0.4 is 9.13 Å². The van der Waals surface area contributed by atoms with Crippen molar-refractivity contribution in [1.82, 2.24) is 0 Å². The summed E-state index contributed by atoms with van der Waals surface area (Å²) in [6.07, 6.45) is 10.8. The number of rotatable bonds is 4. The van der Waals surface area contributed by atoms with E-state index in [4.69, 9.17) is 0 Å². The van der Waals surface area contributed by atoms with Gasteiger partial charge in [0.25, 0.3) is 0 Å². The van der Waals surface area contributed by atoms with Gasteiger partial charge in [-0.3, -0.25) is 0 Å². The van der Waals surface area contributed by atoms with Gasteiger partial charge in [-0.05, 0) is 11.1 Å². The maximum Gasteiger partial charge on any atom is 0.205 e. The van der Waals surface area contributed by atoms with Crippen LogP contribution >= 0.6 is 0 Å². The molecule has 0 aliphatic heterocycles. The Morgan fingerprint density at radius 1 is 0.941 bits per heavy atom. The predicted octanol–water partition coefficient (Wildman–Crippen LogP) is 1.30. The first-order valence-corrected chi connectivity index (χ1v) is 6.24. The Morgan fingerprint density at radius 2 is 1.47 bits per heavy atom. The second-order valence-corrected chi connectivity index (χ2v) is 4.43. The van der Waals surface area contributed by atoms with Crippen LogP contribution in [0.3, 0.4) is 0 Å². The number of aromatic nitrogens is 2. The quantitative estimate of drug-likeness (QED) is 0.548. The fourth-order valence-electron chi connectivity index (χ4n) is 1.83. The van der Waals surface area contributed by atoms with Crippen molar-refractivity contribution in [3.05, 3.63) is 49.1 Å². The smallest absolute Gasteiger partial charge is 0.205 e. The molecule has 86 valence electrons. The Hall–Kier alpha value is -1.64. The van der Waals surface area contributed by atoms with E-state index >= 15 is 0 Å². The first kappa shape index (κ1) is 11.8. The van der Waals surface area contributed by atoms with Crippen molar-refractivity contribution in [2.75, 3.05) is 0 Å². The molecule has 0 radical (unpaired) electrons. The van der Waals surface area contributed by atoms with Crippen LogP contribution in [0, 0.1) is 0 Å². The van der Waals surface area contributed by atoms with Crippen molar-refractivity contribution in [1.29, 1.82) is 0 Å². The zero-order valence-electron chi connectivity index (χ0n) is 10.6. The topological polar surface area (TPSA) is 7.76 Å². The fraction of sp³-hybridized carbons (Fsp3) is 0.286. The molecule has 0 aliphatic carbocycles. The Labute approximate surface area is 104 Å². The van der Waals surface area contributed by atoms with Crippen LogP contribution in [0.15, 0.2) is 49.1 Å². The van der Waals surface area contributed by atoms with Gasteiger partial charge in [-0.15, -0.1) is 0 Å². The first-order valence-electron chi connectivity index (χ1n) is 6.24. The molecule has 2 heterocycles. The molecule has 0 N–H and O–H groups in total. The van der Waals surface area contributed by atoms with Crippen molar-refractivity contribution < 1.29 is 9.13 Å². The zero-order chi connectivity index (χ0) is 12.1. The monoisotopic (exact) mass is 226 g/mol. The molecule has 0 spiro atoms. The molecule has 0 unspecified atom stereocenters. The van der Waals surface area contributed by atoms with Crippen molar-refractivity contribution in [2.45, 2.75) is 19.7 Å². The Kier molecular flexibility index (Phi) is 3.91. The molecular formula is C14H19BN2+2. The number of aryl methyl sites for hydroxylation is 1. The fourth-order valence-corrected chi connectivity index (χ4v) is 1.83. The van der Waals surface area contributed by atoms with Crippen LogP contribution in [-0.2, 0) is 13.5 Å². The van der Waals surface area contributed by atoms with Gasteiger partial charge in [-0.1, -0.05) is 13.2 Å². The highest BCUT2D eigenvalue weighted by Crippen LogP contribution is 2.15. The molecule has 2 rings (SSSR count). The van der Waals surface area contributed by atoms with Crippen LogP contribution in [0.5, 0.6) is 0 Å². The summed E-state index contributed by atoms with van der Waals surface area (Å²) in [5.41, 5.74) is 2.55. The molecule has 2 aromatic heterocycles. The molecule has 17 heavy (non-hydrogen) atoms. The van der Waals surface area contributed by atoms with Gasteiger partial charge in [-0.25, -0.2) is 9.13 Å². The second kappa shape index (κ2) is 5.62. The van der Waals surface area contributed by atoms with Gasteiger partial charge in [-0.2, -0.15) is 0 Å². The van der Waals surface area contributed by atoms with Crippen molar-refractivity contribution >= 4 is 7.28 Å². The third-order valence-electron chi connectivity index (χ3n) is 2.97. The van der Waals surface area contributed by atoms with Crippen LogP contribution in [0.4, 0.5) is 0 Å². The number of hydrogen-bond donors (Lipinski definition) is 0. The van der Waals surface area contributed by atoms with Gasteiger partial charge < -0.3 is 0 Å². The third kappa shape index (κ3) is 3.16. The van der Waals surface area contributed by atoms with E-state index in [2.05, 4.69) is 60.5 Å². The van der Waals surface area contributed by atoms with Crippen LogP contribution in [0.2, 0.25) is 6.32 Å². The number of hydrogen-bond acceptors (Lipinski definition) is 0. The molecule has 0 bridgehead atoms. The number of nitrogens with zero attached hydrogens (tertiary/aromatic N) is 2. The molecule has 0 aliphatic rings. The standard InChI is InChI=1S/C14H19BN2/c1-3-15-12-17-10-6-14(7-11-17)13-4-8-16(2)9-5-13/h4-11,15H,3,12H2,1-2H3/q+2. The van der Waals surface area contributed by atoms with Crippen LogP contribution in [0.25, 0.3) is 11.1 Å². The molecule has 0 saturated carbocycles. The van der Waals surface area contributed by atoms with Crippen molar-refractivity contribution in [3.63, 3.8) is 0 Å². The summed E-state index contributed by atoms with van der Waals surface area (Å²) < 4.78 is 4.30. The lowest BCUT2D eigenvalue weighted by Crippen LogP contribution is -2.35. The van der Waals surface area contributed by atoms with E-state index in [0.717, 1.165) is 6.44 Å². The largest absolute Gasteiger partial charge is 0.214 e. The highest BCUT2D eigenvalue weighted by molar-refractivity contribution is 6.32. The van der Waals surface area contributed by atoms with E-state index in [0.29, 0.717) is 0 Å². The van der Waals surface area contributed by atoms with E-state index < -0.39 is 0 Å². The lowest BCUT2D eigenvalue weighted by Gasteiger charge is -1.99. The summed E-state index contributed by atoms with van der Waals surface area (Å²) in [6.45, 7) is 2.22. The van der Waals surface area contributed by atoms with E-state index in [1.54, 1.807) is 0 Å². The lowest BCUT2D eigenvalue weighted by molar-refractivity contribution is -0.679. The lowest BCUT2D eigenvalue weighted by atomic mass is 9.75. The zero-order valence-corrected chi connectivity index (χ0v) is 10.6. The molecule has 0 aromatic carbocycles. The molecule has 2 aromatic rings. The molecule has 0 saturated heterocycles. The second-order valence-electron chi connectivity index (χ2n) is 4.43. The maximum atomic E-state index is 2.25. The Balaban J connectivity index is 2.14. The highest BCUT2D eigenvalue weighted by Gasteiger charge is 2.03. The van der Waals surface area contributed by atoms with E-state index in [-0.39, 0.29) is 0 Å². The average molecular weight is 226 g/mol. The third-order valence-corrected chi connectivity index (χ3v) is 2.97. The molecule has 0 fully saturated rings. The average Bonchev–Trinajstić information content (AvgIpc) is 2.38. The minimum atomic E-state index is 1.11. The summed E-state index contributed by atoms with van der Waals surface area (Å²) >= 11 is 0. The minimum Gasteiger partial charge on any atom is -0.214 e. The van der Waals surface area contributed by atoms with Crippen LogP contribution in [-0.4, -0.2) is 7.28 Å². The van der Waals surface area contributed by atoms with E-state index in [1.807, 2.05) is 11.6 Å². The summed E-state index contributed by atoms with van der Waals surface area (Å²) in [4.78, 5) is 0. The normalized spacial score (nSPS) is 10.2. The van der Waals surface area contributed by atoms with Gasteiger partial charge in [0.15, 0.2) is 24.8 Å². The van der Waals surface area contributed by atoms with E-state index in [1.165, 1.54) is 24.7 Å². The molecule has 2 nitrogen and oxygen atoms in total. The van der Waals surface area contributed by atoms with Crippen molar-refractivity contribution in [2.24, 2.45) is 7.05 Å². The van der Waals surface area contributed by atoms with Crippen molar-refractivity contribution in [3.8, 4) is 11.1 Å². The van der Waals surface area contributed by atoms with Gasteiger partial charge in [0, 0.05) is 24.3 Å². The summed E-state index contributed by atoms with van der Waals surface area (Å²) in [5.74, 6) is 0. The first-order chi connectivity index (χ1) is 8.29. The summed E-state index contributed by atoms with van der Waals surface area (Å²) in [7, 11) is 3.28. The molecule has 0 atom stereocenters. The Morgan fingerprint density at radius 3 is 2.00 bits per heavy atom. The molecule has 0 amide bonds. The maximum absolute atomic E-state index is 2.25. The highest BCUT2D eigenvalue weighted by atomic mass is 14.9. The van der Waals surface area contributed by atoms with Crippen LogP contribution in [0.1, 0.15) is 6.92 Å². The number of pyridine rings is 2. The molecular weight excluding hydrogens is 207 g/mol. The van der Waals surface area contributed by atoms with Gasteiger partial charge in [0.2, 0.25) is 7.28 Å². The Bertz CT molecular complexity index is 463. The molecule has 3 heteroatoms. The summed E-state index contributed by atoms with van der Waals surface area (Å²) in [6, 6.07) is 8.66. The van der Waals surface area contributed by atoms with Gasteiger partial charge in [0.05, 0.1) is 0 Å².